The van der Waals surface area contributed by atoms with E-state index in [-0.39, 0.29) is 0 Å². The molecule has 0 amide bonds. The Morgan fingerprint density at radius 3 is 1.34 bits per heavy atom. The van der Waals surface area contributed by atoms with Crippen LogP contribution in [0.4, 0.5) is 0 Å². The minimum Gasteiger partial charge on any atom is -0.192 e. The molecule has 8 rings (SSSR count). The molecule has 0 saturated carbocycles. The van der Waals surface area contributed by atoms with Gasteiger partial charge in [-0.25, -0.2) is 0 Å². The van der Waals surface area contributed by atoms with Crippen molar-refractivity contribution in [2.75, 3.05) is 0 Å². The van der Waals surface area contributed by atoms with E-state index in [1.807, 2.05) is 18.2 Å². The maximum atomic E-state index is 9.47. The van der Waals surface area contributed by atoms with Gasteiger partial charge < -0.3 is 0 Å². The summed E-state index contributed by atoms with van der Waals surface area (Å²) in [5.41, 5.74) is 10.2. The first kappa shape index (κ1) is 25.7. The van der Waals surface area contributed by atoms with Gasteiger partial charge in [0, 0.05) is 0 Å². The maximum absolute atomic E-state index is 9.47. The molecular weight excluding hydrogens is 530 g/mol. The molecule has 0 unspecified atom stereocenters. The average Bonchev–Trinajstić information content (AvgIpc) is 3.10. The van der Waals surface area contributed by atoms with Gasteiger partial charge in [-0.1, -0.05) is 152 Å². The Balaban J connectivity index is 1.24. The third kappa shape index (κ3) is 4.33. The van der Waals surface area contributed by atoms with Crippen molar-refractivity contribution in [2.24, 2.45) is 0 Å². The highest BCUT2D eigenvalue weighted by Gasteiger charge is 2.14. The van der Waals surface area contributed by atoms with Crippen LogP contribution < -0.4 is 0 Å². The number of fused-ring (bicyclic) bond motifs is 3. The summed E-state index contributed by atoms with van der Waals surface area (Å²) in [4.78, 5) is 0. The highest BCUT2D eigenvalue weighted by atomic mass is 14.2. The summed E-state index contributed by atoms with van der Waals surface area (Å²) in [5.74, 6) is 0. The van der Waals surface area contributed by atoms with Crippen molar-refractivity contribution < 1.29 is 0 Å². The van der Waals surface area contributed by atoms with Crippen molar-refractivity contribution in [3.05, 3.63) is 169 Å². The fourth-order valence-corrected chi connectivity index (χ4v) is 6.63. The molecular formula is C43H27N. The van der Waals surface area contributed by atoms with Gasteiger partial charge in [-0.2, -0.15) is 5.26 Å². The molecule has 0 radical (unpaired) electrons. The lowest BCUT2D eigenvalue weighted by Crippen LogP contribution is -1.90. The lowest BCUT2D eigenvalue weighted by atomic mass is 9.87. The van der Waals surface area contributed by atoms with Crippen LogP contribution in [0.15, 0.2) is 164 Å². The Labute approximate surface area is 256 Å². The van der Waals surface area contributed by atoms with E-state index in [2.05, 4.69) is 152 Å². The van der Waals surface area contributed by atoms with Crippen molar-refractivity contribution >= 4 is 32.3 Å². The summed E-state index contributed by atoms with van der Waals surface area (Å²) < 4.78 is 0. The second-order valence-corrected chi connectivity index (χ2v) is 11.2. The molecule has 1 heteroatoms. The zero-order chi connectivity index (χ0) is 29.5. The van der Waals surface area contributed by atoms with E-state index in [0.717, 1.165) is 11.1 Å². The fraction of sp³-hybridized carbons (Fsp3) is 0. The van der Waals surface area contributed by atoms with Gasteiger partial charge in [0.1, 0.15) is 0 Å². The molecule has 0 aliphatic heterocycles. The first-order valence-electron chi connectivity index (χ1n) is 14.9. The SMILES string of the molecule is N#Cc1cccc(-c2ccc(-c3ccc(-c4ccc(-c5cccc6ccccc56)cc4)c4ccccc34)c3ccccc23)c1. The molecule has 0 fully saturated rings. The molecule has 1 nitrogen and oxygen atoms in total. The molecule has 0 saturated heterocycles. The largest absolute Gasteiger partial charge is 0.192 e. The molecule has 0 aromatic heterocycles. The van der Waals surface area contributed by atoms with Gasteiger partial charge in [-0.05, 0) is 89.0 Å². The predicted octanol–water partition coefficient (Wildman–Crippen LogP) is 11.7. The molecule has 0 bridgehead atoms. The minimum absolute atomic E-state index is 0.669. The third-order valence-corrected chi connectivity index (χ3v) is 8.74. The zero-order valence-electron chi connectivity index (χ0n) is 24.0. The molecule has 0 aliphatic carbocycles. The van der Waals surface area contributed by atoms with E-state index in [4.69, 9.17) is 0 Å². The Morgan fingerprint density at radius 1 is 0.318 bits per heavy atom. The number of rotatable bonds is 4. The monoisotopic (exact) mass is 557 g/mol. The highest BCUT2D eigenvalue weighted by molar-refractivity contribution is 6.12. The summed E-state index contributed by atoms with van der Waals surface area (Å²) in [6.45, 7) is 0. The van der Waals surface area contributed by atoms with Gasteiger partial charge in [0.25, 0.3) is 0 Å². The van der Waals surface area contributed by atoms with E-state index < -0.39 is 0 Å². The molecule has 204 valence electrons. The van der Waals surface area contributed by atoms with Gasteiger partial charge >= 0.3 is 0 Å². The van der Waals surface area contributed by atoms with Crippen molar-refractivity contribution in [2.45, 2.75) is 0 Å². The first-order chi connectivity index (χ1) is 21.8. The molecule has 44 heavy (non-hydrogen) atoms. The molecule has 8 aromatic carbocycles. The molecule has 0 N–H and O–H groups in total. The molecule has 0 heterocycles. The normalized spacial score (nSPS) is 11.2. The van der Waals surface area contributed by atoms with Gasteiger partial charge in [0.05, 0.1) is 11.6 Å². The van der Waals surface area contributed by atoms with Crippen molar-refractivity contribution in [3.8, 4) is 50.6 Å². The standard InChI is InChI=1S/C43H27N/c44-28-29-9-7-12-33(27-29)37-24-26-43(41-17-6-4-15-39(37)41)42-25-23-36(38-14-3-5-16-40(38)42)32-21-19-31(20-22-32)35-18-8-11-30-10-1-2-13-34(30)35/h1-27H. The van der Waals surface area contributed by atoms with Crippen molar-refractivity contribution in [1.82, 2.24) is 0 Å². The summed E-state index contributed by atoms with van der Waals surface area (Å²) >= 11 is 0. The predicted molar refractivity (Wildman–Crippen MR) is 185 cm³/mol. The topological polar surface area (TPSA) is 23.8 Å². The van der Waals surface area contributed by atoms with Crippen LogP contribution in [0.1, 0.15) is 5.56 Å². The Kier molecular flexibility index (Phi) is 6.25. The average molecular weight is 558 g/mol. The van der Waals surface area contributed by atoms with Crippen LogP contribution in [-0.2, 0) is 0 Å². The van der Waals surface area contributed by atoms with E-state index in [9.17, 15) is 5.26 Å². The third-order valence-electron chi connectivity index (χ3n) is 8.74. The lowest BCUT2D eigenvalue weighted by Gasteiger charge is -2.16. The Morgan fingerprint density at radius 2 is 0.750 bits per heavy atom. The number of hydrogen-bond acceptors (Lipinski definition) is 1. The molecule has 0 aliphatic rings. The minimum atomic E-state index is 0.669. The molecule has 0 spiro atoms. The lowest BCUT2D eigenvalue weighted by molar-refractivity contribution is 1.48. The second-order valence-electron chi connectivity index (χ2n) is 11.2. The molecule has 0 atom stereocenters. The van der Waals surface area contributed by atoms with E-state index >= 15 is 0 Å². The fourth-order valence-electron chi connectivity index (χ4n) is 6.63. The van der Waals surface area contributed by atoms with Crippen LogP contribution in [0.2, 0.25) is 0 Å². The van der Waals surface area contributed by atoms with Gasteiger partial charge in [0.15, 0.2) is 0 Å². The van der Waals surface area contributed by atoms with Gasteiger partial charge in [0.2, 0.25) is 0 Å². The van der Waals surface area contributed by atoms with Crippen LogP contribution in [-0.4, -0.2) is 0 Å². The van der Waals surface area contributed by atoms with Gasteiger partial charge in [-0.15, -0.1) is 0 Å². The summed E-state index contributed by atoms with van der Waals surface area (Å²) in [6.07, 6.45) is 0. The summed E-state index contributed by atoms with van der Waals surface area (Å²) in [7, 11) is 0. The van der Waals surface area contributed by atoms with E-state index in [0.29, 0.717) is 5.56 Å². The highest BCUT2D eigenvalue weighted by Crippen LogP contribution is 2.41. The van der Waals surface area contributed by atoms with Crippen LogP contribution >= 0.6 is 0 Å². The Bertz CT molecular complexity index is 2380. The number of benzene rings is 8. The summed E-state index contributed by atoms with van der Waals surface area (Å²) in [5, 5.41) is 16.8. The number of hydrogen-bond donors (Lipinski definition) is 0. The Hall–Kier alpha value is -5.97. The second kappa shape index (κ2) is 10.7. The van der Waals surface area contributed by atoms with Crippen LogP contribution in [0.25, 0.3) is 76.8 Å². The number of nitriles is 1. The van der Waals surface area contributed by atoms with E-state index in [1.165, 1.54) is 65.7 Å². The van der Waals surface area contributed by atoms with Crippen LogP contribution in [0, 0.1) is 11.3 Å². The van der Waals surface area contributed by atoms with Crippen LogP contribution in [0.5, 0.6) is 0 Å². The van der Waals surface area contributed by atoms with Crippen LogP contribution in [0.3, 0.4) is 0 Å². The van der Waals surface area contributed by atoms with Crippen molar-refractivity contribution in [1.29, 1.82) is 5.26 Å². The summed E-state index contributed by atoms with van der Waals surface area (Å²) in [6, 6.07) is 60.5. The quantitative estimate of drug-likeness (QED) is 0.211. The smallest absolute Gasteiger partial charge is 0.0991 e. The van der Waals surface area contributed by atoms with Gasteiger partial charge in [-0.3, -0.25) is 0 Å². The maximum Gasteiger partial charge on any atom is 0.0991 e. The van der Waals surface area contributed by atoms with E-state index in [1.54, 1.807) is 0 Å². The zero-order valence-corrected chi connectivity index (χ0v) is 24.0. The number of nitrogens with zero attached hydrogens (tertiary/aromatic N) is 1. The first-order valence-corrected chi connectivity index (χ1v) is 14.9. The van der Waals surface area contributed by atoms with Crippen molar-refractivity contribution in [3.63, 3.8) is 0 Å². The molecule has 8 aromatic rings.